The molecule has 0 amide bonds. The molecule has 0 spiro atoms. The molecule has 1 aromatic carbocycles. The molecule has 0 saturated heterocycles. The van der Waals surface area contributed by atoms with E-state index in [1.807, 2.05) is 0 Å². The van der Waals surface area contributed by atoms with E-state index in [1.54, 1.807) is 27.4 Å². The van der Waals surface area contributed by atoms with Crippen LogP contribution in [-0.4, -0.2) is 3.21 Å². The Balaban J connectivity index is 0.000000425. The van der Waals surface area contributed by atoms with Gasteiger partial charge in [-0.3, -0.25) is 0 Å². The van der Waals surface area contributed by atoms with Crippen LogP contribution in [0.15, 0.2) is 30.4 Å². The zero-order chi connectivity index (χ0) is 14.5. The summed E-state index contributed by atoms with van der Waals surface area (Å²) in [6.45, 7) is 6.61. The van der Waals surface area contributed by atoms with Gasteiger partial charge in [-0.2, -0.15) is 28.3 Å². The molecular weight excluding hydrogens is 390 g/mol. The normalized spacial score (nSPS) is 16.7. The van der Waals surface area contributed by atoms with Crippen LogP contribution >= 0.6 is 0 Å². The Bertz CT molecular complexity index is 518. The van der Waals surface area contributed by atoms with Crippen LogP contribution in [0.5, 0.6) is 0 Å². The molecule has 2 aliphatic rings. The summed E-state index contributed by atoms with van der Waals surface area (Å²) < 4.78 is 1.80. The maximum absolute atomic E-state index is 2.31. The van der Waals surface area contributed by atoms with Crippen LogP contribution in [0, 0.1) is 20.8 Å². The Kier molecular flexibility index (Phi) is 10.9. The number of hydrogen-bond acceptors (Lipinski definition) is 0. The number of hydrogen-bond donors (Lipinski definition) is 0. The zero-order valence-corrected chi connectivity index (χ0v) is 17.7. The molecule has 0 N–H and O–H groups in total. The first-order chi connectivity index (χ1) is 9.59. The van der Waals surface area contributed by atoms with Gasteiger partial charge in [0.15, 0.2) is 0 Å². The van der Waals surface area contributed by atoms with Gasteiger partial charge < -0.3 is 24.8 Å². The van der Waals surface area contributed by atoms with E-state index in [2.05, 4.69) is 51.1 Å². The van der Waals surface area contributed by atoms with E-state index in [9.17, 15) is 0 Å². The van der Waals surface area contributed by atoms with Gasteiger partial charge in [0.2, 0.25) is 0 Å². The topological polar surface area (TPSA) is 0 Å². The number of aryl methyl sites for hydroxylation is 1. The predicted octanol–water partition coefficient (Wildman–Crippen LogP) is -0.782. The van der Waals surface area contributed by atoms with E-state index in [-0.39, 0.29) is 24.8 Å². The summed E-state index contributed by atoms with van der Waals surface area (Å²) in [7, 11) is 0. The van der Waals surface area contributed by atoms with Crippen molar-refractivity contribution >= 4 is 3.21 Å². The van der Waals surface area contributed by atoms with Crippen molar-refractivity contribution < 1.29 is 49.0 Å². The summed E-state index contributed by atoms with van der Waals surface area (Å²) >= 11 is 1.69. The Labute approximate surface area is 163 Å². The van der Waals surface area contributed by atoms with Crippen LogP contribution in [0.2, 0.25) is 0 Å². The third kappa shape index (κ3) is 5.99. The molecule has 0 radical (unpaired) electrons. The second-order valence-corrected chi connectivity index (χ2v) is 7.73. The number of rotatable bonds is 1. The molecule has 0 unspecified atom stereocenters. The van der Waals surface area contributed by atoms with Crippen LogP contribution in [0.1, 0.15) is 60.3 Å². The van der Waals surface area contributed by atoms with E-state index in [0.29, 0.717) is 5.92 Å². The van der Waals surface area contributed by atoms with Crippen molar-refractivity contribution in [2.24, 2.45) is 0 Å². The number of halogens is 2. The Hall–Kier alpha value is 0.163. The third-order valence-corrected chi connectivity index (χ3v) is 5.75. The van der Waals surface area contributed by atoms with Crippen molar-refractivity contribution in [3.63, 3.8) is 0 Å². The SMILES string of the molecule is Cc1c(C2C=CC=C2)c[c-](C)c1C.[Cl-].[Cl-].[Zr+2]=[C]1CCCCC1. The van der Waals surface area contributed by atoms with Crippen LogP contribution in [0.4, 0.5) is 0 Å². The van der Waals surface area contributed by atoms with Crippen molar-refractivity contribution in [2.75, 3.05) is 0 Å². The van der Waals surface area contributed by atoms with E-state index in [1.165, 1.54) is 54.4 Å². The molecule has 0 aromatic heterocycles. The minimum atomic E-state index is 0. The summed E-state index contributed by atoms with van der Waals surface area (Å²) in [5.74, 6) is 0.521. The van der Waals surface area contributed by atoms with Gasteiger partial charge in [-0.1, -0.05) is 45.1 Å². The van der Waals surface area contributed by atoms with Gasteiger partial charge in [-0.15, -0.1) is 0 Å². The average molecular weight is 416 g/mol. The van der Waals surface area contributed by atoms with E-state index in [0.717, 1.165) is 0 Å². The summed E-state index contributed by atoms with van der Waals surface area (Å²) in [5.41, 5.74) is 5.80. The summed E-state index contributed by atoms with van der Waals surface area (Å²) in [5, 5.41) is 0. The molecule has 1 aromatic rings. The molecule has 3 heteroatoms. The average Bonchev–Trinajstić information content (AvgIpc) is 3.05. The standard InChI is InChI=1S/C13H15.C6H10.2ClH.Zr/c1-9-8-13(11(3)10(9)2)12-6-4-5-7-12;1-2-4-6-5-3-1;;;/h4-8,12H,1-3H3;1-5H2;2*1H;/q-1;;;;+2/p-2. The molecule has 0 aliphatic heterocycles. The van der Waals surface area contributed by atoms with Gasteiger partial charge in [0.25, 0.3) is 0 Å². The van der Waals surface area contributed by atoms with Gasteiger partial charge in [0.05, 0.1) is 0 Å². The molecule has 0 heterocycles. The van der Waals surface area contributed by atoms with Gasteiger partial charge in [-0.05, 0) is 5.92 Å². The van der Waals surface area contributed by atoms with Crippen molar-refractivity contribution in [3.05, 3.63) is 52.6 Å². The molecule has 22 heavy (non-hydrogen) atoms. The van der Waals surface area contributed by atoms with E-state index >= 15 is 0 Å². The van der Waals surface area contributed by atoms with Crippen LogP contribution in [-0.2, 0) is 24.2 Å². The molecule has 0 nitrogen and oxygen atoms in total. The molecule has 120 valence electrons. The van der Waals surface area contributed by atoms with Gasteiger partial charge in [0.1, 0.15) is 0 Å². The summed E-state index contributed by atoms with van der Waals surface area (Å²) in [4.78, 5) is 0. The van der Waals surface area contributed by atoms with Gasteiger partial charge in [0, 0.05) is 0 Å². The van der Waals surface area contributed by atoms with Crippen LogP contribution < -0.4 is 24.8 Å². The fourth-order valence-electron chi connectivity index (χ4n) is 2.93. The molecule has 0 bridgehead atoms. The monoisotopic (exact) mass is 413 g/mol. The summed E-state index contributed by atoms with van der Waals surface area (Å²) in [6.07, 6.45) is 16.1. The zero-order valence-electron chi connectivity index (χ0n) is 13.8. The van der Waals surface area contributed by atoms with Crippen molar-refractivity contribution in [1.29, 1.82) is 0 Å². The first-order valence-corrected chi connectivity index (χ1v) is 8.97. The first-order valence-electron chi connectivity index (χ1n) is 7.74. The first kappa shape index (κ1) is 22.2. The second kappa shape index (κ2) is 10.8. The fourth-order valence-corrected chi connectivity index (χ4v) is 3.80. The number of allylic oxidation sites excluding steroid dienone is 4. The van der Waals surface area contributed by atoms with Gasteiger partial charge >= 0.3 is 59.5 Å². The van der Waals surface area contributed by atoms with Crippen molar-refractivity contribution in [1.82, 2.24) is 0 Å². The maximum atomic E-state index is 2.31. The quantitative estimate of drug-likeness (QED) is 0.528. The van der Waals surface area contributed by atoms with Crippen LogP contribution in [0.3, 0.4) is 0 Å². The Morgan fingerprint density at radius 1 is 1.00 bits per heavy atom. The molecule has 3 rings (SSSR count). The molecular formula is C19H25Cl2Zr-. The van der Waals surface area contributed by atoms with E-state index < -0.39 is 0 Å². The van der Waals surface area contributed by atoms with Gasteiger partial charge in [-0.25, -0.2) is 0 Å². The molecule has 1 fully saturated rings. The van der Waals surface area contributed by atoms with Crippen molar-refractivity contribution in [3.8, 4) is 0 Å². The summed E-state index contributed by atoms with van der Waals surface area (Å²) in [6, 6.07) is 2.31. The minimum absolute atomic E-state index is 0. The molecule has 1 saturated carbocycles. The predicted molar refractivity (Wildman–Crippen MR) is 85.4 cm³/mol. The van der Waals surface area contributed by atoms with Crippen LogP contribution in [0.25, 0.3) is 0 Å². The fraction of sp³-hybridized carbons (Fsp3) is 0.474. The Morgan fingerprint density at radius 2 is 1.55 bits per heavy atom. The molecule has 2 aliphatic carbocycles. The third-order valence-electron chi connectivity index (χ3n) is 4.52. The molecule has 0 atom stereocenters. The van der Waals surface area contributed by atoms with Crippen molar-refractivity contribution in [2.45, 2.75) is 58.8 Å². The van der Waals surface area contributed by atoms with E-state index in [4.69, 9.17) is 0 Å². The second-order valence-electron chi connectivity index (χ2n) is 5.99. The Morgan fingerprint density at radius 3 is 1.91 bits per heavy atom.